The number of nitrogens with two attached hydrogens (primary N) is 1. The van der Waals surface area contributed by atoms with Crippen molar-refractivity contribution in [3.63, 3.8) is 0 Å². The summed E-state index contributed by atoms with van der Waals surface area (Å²) in [7, 11) is 0. The van der Waals surface area contributed by atoms with E-state index in [4.69, 9.17) is 10.5 Å². The predicted octanol–water partition coefficient (Wildman–Crippen LogP) is 2.71. The number of hydrogen-bond acceptors (Lipinski definition) is 4. The van der Waals surface area contributed by atoms with Gasteiger partial charge in [-0.05, 0) is 25.1 Å². The van der Waals surface area contributed by atoms with Crippen molar-refractivity contribution in [3.05, 3.63) is 46.3 Å². The molecule has 1 aromatic heterocycles. The predicted molar refractivity (Wildman–Crippen MR) is 69.7 cm³/mol. The van der Waals surface area contributed by atoms with E-state index in [1.54, 1.807) is 6.07 Å². The molecule has 2 rings (SSSR count). The fourth-order valence-electron chi connectivity index (χ4n) is 1.43. The monoisotopic (exact) mass is 293 g/mol. The number of aryl methyl sites for hydroxylation is 1. The highest BCUT2D eigenvalue weighted by Gasteiger charge is 2.01. The topological polar surface area (TPSA) is 61.0 Å². The van der Waals surface area contributed by atoms with Crippen LogP contribution in [0.25, 0.3) is 0 Å². The number of nitrogen functional groups attached to an aromatic ring is 1. The van der Waals surface area contributed by atoms with Crippen LogP contribution in [0.3, 0.4) is 0 Å². The third kappa shape index (κ3) is 3.42. The quantitative estimate of drug-likeness (QED) is 0.945. The number of anilines is 1. The summed E-state index contributed by atoms with van der Waals surface area (Å²) in [5.74, 6) is 1.82. The molecule has 0 aliphatic heterocycles. The minimum Gasteiger partial charge on any atom is -0.486 e. The van der Waals surface area contributed by atoms with Gasteiger partial charge in [-0.2, -0.15) is 0 Å². The van der Waals surface area contributed by atoms with Gasteiger partial charge in [0.05, 0.1) is 0 Å². The Morgan fingerprint density at radius 1 is 1.29 bits per heavy atom. The molecule has 0 saturated carbocycles. The Hall–Kier alpha value is -1.62. The van der Waals surface area contributed by atoms with E-state index < -0.39 is 0 Å². The molecular formula is C12H12BrN3O. The summed E-state index contributed by atoms with van der Waals surface area (Å²) in [5.41, 5.74) is 6.48. The van der Waals surface area contributed by atoms with Crippen LogP contribution in [0.4, 0.5) is 5.82 Å². The number of ether oxygens (including phenoxy) is 1. The van der Waals surface area contributed by atoms with Gasteiger partial charge in [-0.3, -0.25) is 0 Å². The summed E-state index contributed by atoms with van der Waals surface area (Å²) in [6.45, 7) is 2.18. The molecule has 17 heavy (non-hydrogen) atoms. The highest BCUT2D eigenvalue weighted by Crippen LogP contribution is 2.18. The summed E-state index contributed by atoms with van der Waals surface area (Å²) >= 11 is 3.38. The second kappa shape index (κ2) is 5.14. The molecule has 0 radical (unpaired) electrons. The van der Waals surface area contributed by atoms with E-state index in [2.05, 4.69) is 25.9 Å². The minimum absolute atomic E-state index is 0.308. The Balaban J connectivity index is 2.07. The molecular weight excluding hydrogens is 282 g/mol. The van der Waals surface area contributed by atoms with Crippen molar-refractivity contribution in [2.24, 2.45) is 0 Å². The fourth-order valence-corrected chi connectivity index (χ4v) is 1.80. The van der Waals surface area contributed by atoms with E-state index in [-0.39, 0.29) is 0 Å². The molecule has 0 fully saturated rings. The van der Waals surface area contributed by atoms with Crippen molar-refractivity contribution in [2.75, 3.05) is 5.73 Å². The van der Waals surface area contributed by atoms with Gasteiger partial charge in [0.2, 0.25) is 0 Å². The van der Waals surface area contributed by atoms with Crippen LogP contribution in [-0.2, 0) is 6.61 Å². The standard InChI is InChI=1S/C12H12BrN3O/c1-8-5-11(14)16-12(15-8)7-17-10-4-2-3-9(13)6-10/h2-6H,7H2,1H3,(H2,14,15,16). The lowest BCUT2D eigenvalue weighted by atomic mass is 10.3. The van der Waals surface area contributed by atoms with Crippen molar-refractivity contribution < 1.29 is 4.74 Å². The summed E-state index contributed by atoms with van der Waals surface area (Å²) in [6.07, 6.45) is 0. The van der Waals surface area contributed by atoms with Gasteiger partial charge in [0.25, 0.3) is 0 Å². The molecule has 0 saturated heterocycles. The molecule has 1 aromatic carbocycles. The maximum Gasteiger partial charge on any atom is 0.168 e. The number of nitrogens with zero attached hydrogens (tertiary/aromatic N) is 2. The molecule has 0 aliphatic rings. The first-order chi connectivity index (χ1) is 8.13. The van der Waals surface area contributed by atoms with E-state index in [9.17, 15) is 0 Å². The lowest BCUT2D eigenvalue weighted by Gasteiger charge is -2.06. The van der Waals surface area contributed by atoms with Crippen LogP contribution in [0.2, 0.25) is 0 Å². The molecule has 0 bridgehead atoms. The Morgan fingerprint density at radius 2 is 2.12 bits per heavy atom. The van der Waals surface area contributed by atoms with Crippen LogP contribution in [-0.4, -0.2) is 9.97 Å². The Labute approximate surface area is 108 Å². The van der Waals surface area contributed by atoms with Crippen molar-refractivity contribution >= 4 is 21.7 Å². The minimum atomic E-state index is 0.308. The Bertz CT molecular complexity index is 511. The van der Waals surface area contributed by atoms with Crippen molar-refractivity contribution in [1.29, 1.82) is 0 Å². The van der Waals surface area contributed by atoms with E-state index in [0.717, 1.165) is 15.9 Å². The maximum atomic E-state index is 5.64. The maximum absolute atomic E-state index is 5.64. The zero-order valence-corrected chi connectivity index (χ0v) is 10.9. The Kier molecular flexibility index (Phi) is 3.58. The van der Waals surface area contributed by atoms with Gasteiger partial charge >= 0.3 is 0 Å². The van der Waals surface area contributed by atoms with Crippen molar-refractivity contribution in [1.82, 2.24) is 9.97 Å². The second-order valence-corrected chi connectivity index (χ2v) is 4.51. The summed E-state index contributed by atoms with van der Waals surface area (Å²) < 4.78 is 6.54. The molecule has 0 spiro atoms. The van der Waals surface area contributed by atoms with E-state index in [1.165, 1.54) is 0 Å². The first-order valence-electron chi connectivity index (χ1n) is 5.12. The average Bonchev–Trinajstić information content (AvgIpc) is 2.25. The molecule has 88 valence electrons. The van der Waals surface area contributed by atoms with Gasteiger partial charge in [0.1, 0.15) is 18.2 Å². The van der Waals surface area contributed by atoms with Gasteiger partial charge in [-0.15, -0.1) is 0 Å². The molecule has 5 heteroatoms. The van der Waals surface area contributed by atoms with Gasteiger partial charge in [-0.25, -0.2) is 9.97 Å². The highest BCUT2D eigenvalue weighted by atomic mass is 79.9. The number of benzene rings is 1. The summed E-state index contributed by atoms with van der Waals surface area (Å²) in [6, 6.07) is 9.34. The van der Waals surface area contributed by atoms with E-state index >= 15 is 0 Å². The van der Waals surface area contributed by atoms with E-state index in [0.29, 0.717) is 18.2 Å². The molecule has 1 heterocycles. The van der Waals surface area contributed by atoms with Crippen LogP contribution in [0.15, 0.2) is 34.8 Å². The first-order valence-corrected chi connectivity index (χ1v) is 5.91. The molecule has 2 aromatic rings. The first kappa shape index (κ1) is 11.9. The smallest absolute Gasteiger partial charge is 0.168 e. The van der Waals surface area contributed by atoms with Crippen LogP contribution in [0, 0.1) is 6.92 Å². The average molecular weight is 294 g/mol. The normalized spacial score (nSPS) is 10.2. The van der Waals surface area contributed by atoms with Gasteiger partial charge in [0, 0.05) is 16.2 Å². The molecule has 0 amide bonds. The molecule has 0 unspecified atom stereocenters. The highest BCUT2D eigenvalue weighted by molar-refractivity contribution is 9.10. The number of halogens is 1. The molecule has 2 N–H and O–H groups in total. The second-order valence-electron chi connectivity index (χ2n) is 3.60. The van der Waals surface area contributed by atoms with Crippen molar-refractivity contribution in [2.45, 2.75) is 13.5 Å². The third-order valence-corrected chi connectivity index (χ3v) is 2.58. The number of aromatic nitrogens is 2. The largest absolute Gasteiger partial charge is 0.486 e. The summed E-state index contributed by atoms with van der Waals surface area (Å²) in [5, 5.41) is 0. The third-order valence-electron chi connectivity index (χ3n) is 2.08. The zero-order valence-electron chi connectivity index (χ0n) is 9.35. The molecule has 0 aliphatic carbocycles. The zero-order chi connectivity index (χ0) is 12.3. The van der Waals surface area contributed by atoms with E-state index in [1.807, 2.05) is 31.2 Å². The van der Waals surface area contributed by atoms with Crippen LogP contribution < -0.4 is 10.5 Å². The SMILES string of the molecule is Cc1cc(N)nc(COc2cccc(Br)c2)n1. The lowest BCUT2D eigenvalue weighted by Crippen LogP contribution is -2.05. The lowest BCUT2D eigenvalue weighted by molar-refractivity contribution is 0.295. The number of rotatable bonds is 3. The molecule has 0 atom stereocenters. The van der Waals surface area contributed by atoms with Gasteiger partial charge in [0.15, 0.2) is 5.82 Å². The molecule has 4 nitrogen and oxygen atoms in total. The Morgan fingerprint density at radius 3 is 2.82 bits per heavy atom. The van der Waals surface area contributed by atoms with Crippen LogP contribution in [0.5, 0.6) is 5.75 Å². The van der Waals surface area contributed by atoms with Crippen molar-refractivity contribution in [3.8, 4) is 5.75 Å². The van der Waals surface area contributed by atoms with Crippen LogP contribution in [0.1, 0.15) is 11.5 Å². The van der Waals surface area contributed by atoms with Crippen LogP contribution >= 0.6 is 15.9 Å². The van der Waals surface area contributed by atoms with Gasteiger partial charge in [-0.1, -0.05) is 22.0 Å². The fraction of sp³-hybridized carbons (Fsp3) is 0.167. The van der Waals surface area contributed by atoms with Gasteiger partial charge < -0.3 is 10.5 Å². The number of hydrogen-bond donors (Lipinski definition) is 1. The summed E-state index contributed by atoms with van der Waals surface area (Å²) in [4.78, 5) is 8.35.